The predicted molar refractivity (Wildman–Crippen MR) is 73.5 cm³/mol. The Morgan fingerprint density at radius 3 is 2.82 bits per heavy atom. The summed E-state index contributed by atoms with van der Waals surface area (Å²) in [4.78, 5) is 8.29. The Balaban J connectivity index is 1.88. The largest absolute Gasteiger partial charge is 0.309 e. The second kappa shape index (κ2) is 5.46. The summed E-state index contributed by atoms with van der Waals surface area (Å²) < 4.78 is 0. The molecule has 4 heteroatoms. The third-order valence-corrected chi connectivity index (χ3v) is 4.71. The average Bonchev–Trinajstić information content (AvgIpc) is 2.56. The fourth-order valence-electron chi connectivity index (χ4n) is 2.62. The highest BCUT2D eigenvalue weighted by Crippen LogP contribution is 2.19. The molecule has 2 atom stereocenters. The first kappa shape index (κ1) is 13.0. The molecule has 0 bridgehead atoms. The van der Waals surface area contributed by atoms with Crippen molar-refractivity contribution in [2.45, 2.75) is 39.8 Å². The Bertz CT molecular complexity index is 375. The maximum absolute atomic E-state index is 4.48. The zero-order valence-corrected chi connectivity index (χ0v) is 12.1. The van der Waals surface area contributed by atoms with Gasteiger partial charge in [-0.25, -0.2) is 4.98 Å². The van der Waals surface area contributed by atoms with Gasteiger partial charge in [-0.2, -0.15) is 0 Å². The fraction of sp³-hybridized carbons (Fsp3) is 0.769. The van der Waals surface area contributed by atoms with Crippen LogP contribution in [0.25, 0.3) is 0 Å². The minimum atomic E-state index is 0.660. The fourth-order valence-corrected chi connectivity index (χ4v) is 3.51. The predicted octanol–water partition coefficient (Wildman–Crippen LogP) is 2.19. The van der Waals surface area contributed by atoms with E-state index in [-0.39, 0.29) is 0 Å². The van der Waals surface area contributed by atoms with Crippen LogP contribution in [0.3, 0.4) is 0 Å². The van der Waals surface area contributed by atoms with Crippen molar-refractivity contribution in [3.05, 3.63) is 15.6 Å². The molecule has 3 nitrogen and oxygen atoms in total. The van der Waals surface area contributed by atoms with Crippen LogP contribution in [-0.4, -0.2) is 36.1 Å². The summed E-state index contributed by atoms with van der Waals surface area (Å²) in [5.41, 5.74) is 1.19. The minimum Gasteiger partial charge on any atom is -0.309 e. The molecule has 17 heavy (non-hydrogen) atoms. The van der Waals surface area contributed by atoms with E-state index in [2.05, 4.69) is 43.0 Å². The van der Waals surface area contributed by atoms with Crippen LogP contribution in [0.5, 0.6) is 0 Å². The highest BCUT2D eigenvalue weighted by atomic mass is 32.1. The van der Waals surface area contributed by atoms with E-state index < -0.39 is 0 Å². The first-order chi connectivity index (χ1) is 8.06. The molecule has 0 aliphatic carbocycles. The summed E-state index contributed by atoms with van der Waals surface area (Å²) in [7, 11) is 2.21. The molecule has 1 aromatic rings. The van der Waals surface area contributed by atoms with Gasteiger partial charge in [-0.1, -0.05) is 6.92 Å². The summed E-state index contributed by atoms with van der Waals surface area (Å²) in [5.74, 6) is 0.739. The van der Waals surface area contributed by atoms with Gasteiger partial charge in [0.1, 0.15) is 0 Å². The Kier molecular flexibility index (Phi) is 4.17. The van der Waals surface area contributed by atoms with Gasteiger partial charge in [0.2, 0.25) is 0 Å². The zero-order chi connectivity index (χ0) is 12.4. The van der Waals surface area contributed by atoms with Crippen LogP contribution in [0.4, 0.5) is 0 Å². The van der Waals surface area contributed by atoms with E-state index in [1.165, 1.54) is 35.1 Å². The van der Waals surface area contributed by atoms with Gasteiger partial charge in [0.15, 0.2) is 0 Å². The molecule has 2 rings (SSSR count). The van der Waals surface area contributed by atoms with Gasteiger partial charge in [0.05, 0.1) is 10.7 Å². The number of piperidine rings is 1. The number of aromatic nitrogens is 1. The Labute approximate surface area is 108 Å². The van der Waals surface area contributed by atoms with Crippen LogP contribution in [0.2, 0.25) is 0 Å². The molecule has 96 valence electrons. The Hall–Kier alpha value is -0.450. The van der Waals surface area contributed by atoms with Gasteiger partial charge < -0.3 is 10.2 Å². The van der Waals surface area contributed by atoms with Crippen LogP contribution in [0, 0.1) is 19.8 Å². The molecule has 1 aliphatic rings. The number of thiazole rings is 1. The highest BCUT2D eigenvalue weighted by molar-refractivity contribution is 7.11. The van der Waals surface area contributed by atoms with Crippen molar-refractivity contribution in [3.8, 4) is 0 Å². The highest BCUT2D eigenvalue weighted by Gasteiger charge is 2.23. The number of likely N-dealkylation sites (tertiary alicyclic amines) is 1. The van der Waals surface area contributed by atoms with Crippen LogP contribution < -0.4 is 5.32 Å². The summed E-state index contributed by atoms with van der Waals surface area (Å²) in [6, 6.07) is 0.660. The molecule has 0 amide bonds. The zero-order valence-electron chi connectivity index (χ0n) is 11.3. The lowest BCUT2D eigenvalue weighted by atomic mass is 9.94. The summed E-state index contributed by atoms with van der Waals surface area (Å²) in [6.07, 6.45) is 1.26. The molecule has 2 heterocycles. The quantitative estimate of drug-likeness (QED) is 0.895. The first-order valence-corrected chi connectivity index (χ1v) is 7.22. The summed E-state index contributed by atoms with van der Waals surface area (Å²) in [6.45, 7) is 9.94. The van der Waals surface area contributed by atoms with Gasteiger partial charge >= 0.3 is 0 Å². The molecule has 1 aliphatic heterocycles. The number of rotatable bonds is 3. The molecule has 0 saturated carbocycles. The van der Waals surface area contributed by atoms with E-state index in [1.807, 2.05) is 11.3 Å². The third-order valence-electron chi connectivity index (χ3n) is 3.63. The van der Waals surface area contributed by atoms with Crippen LogP contribution in [0.15, 0.2) is 0 Å². The van der Waals surface area contributed by atoms with Crippen LogP contribution in [-0.2, 0) is 6.54 Å². The molecular weight excluding hydrogens is 230 g/mol. The van der Waals surface area contributed by atoms with Crippen molar-refractivity contribution in [3.63, 3.8) is 0 Å². The lowest BCUT2D eigenvalue weighted by Gasteiger charge is -2.35. The Morgan fingerprint density at radius 1 is 1.47 bits per heavy atom. The van der Waals surface area contributed by atoms with Gasteiger partial charge in [-0.05, 0) is 39.8 Å². The third kappa shape index (κ3) is 3.27. The van der Waals surface area contributed by atoms with E-state index in [0.29, 0.717) is 6.04 Å². The van der Waals surface area contributed by atoms with Gasteiger partial charge in [0.25, 0.3) is 0 Å². The van der Waals surface area contributed by atoms with Gasteiger partial charge in [-0.15, -0.1) is 11.3 Å². The van der Waals surface area contributed by atoms with Crippen molar-refractivity contribution in [1.29, 1.82) is 0 Å². The van der Waals surface area contributed by atoms with Crippen molar-refractivity contribution >= 4 is 11.3 Å². The molecular formula is C13H23N3S. The number of nitrogens with zero attached hydrogens (tertiary/aromatic N) is 2. The average molecular weight is 253 g/mol. The second-order valence-electron chi connectivity index (χ2n) is 5.26. The van der Waals surface area contributed by atoms with Crippen LogP contribution in [0.1, 0.15) is 28.9 Å². The van der Waals surface area contributed by atoms with Gasteiger partial charge in [-0.3, -0.25) is 0 Å². The lowest BCUT2D eigenvalue weighted by Crippen LogP contribution is -2.46. The first-order valence-electron chi connectivity index (χ1n) is 6.41. The van der Waals surface area contributed by atoms with Crippen molar-refractivity contribution in [2.75, 3.05) is 20.1 Å². The molecule has 1 aromatic heterocycles. The Morgan fingerprint density at radius 2 is 2.24 bits per heavy atom. The smallest absolute Gasteiger partial charge is 0.0900 e. The molecule has 1 N–H and O–H groups in total. The topological polar surface area (TPSA) is 28.2 Å². The number of hydrogen-bond acceptors (Lipinski definition) is 4. The monoisotopic (exact) mass is 253 g/mol. The van der Waals surface area contributed by atoms with E-state index in [9.17, 15) is 0 Å². The molecule has 0 radical (unpaired) electrons. The van der Waals surface area contributed by atoms with Crippen molar-refractivity contribution < 1.29 is 0 Å². The maximum Gasteiger partial charge on any atom is 0.0900 e. The summed E-state index contributed by atoms with van der Waals surface area (Å²) >= 11 is 1.82. The van der Waals surface area contributed by atoms with Crippen LogP contribution >= 0.6 is 11.3 Å². The van der Waals surface area contributed by atoms with Crippen molar-refractivity contribution in [1.82, 2.24) is 15.2 Å². The molecule has 0 spiro atoms. The van der Waals surface area contributed by atoms with E-state index >= 15 is 0 Å². The van der Waals surface area contributed by atoms with E-state index in [1.54, 1.807) is 0 Å². The number of hydrogen-bond donors (Lipinski definition) is 1. The normalized spacial score (nSPS) is 26.4. The standard InChI is InChI=1S/C13H23N3S/c1-9-8-16(4)6-5-12(9)14-7-13-10(2)15-11(3)17-13/h9,12,14H,5-8H2,1-4H3. The van der Waals surface area contributed by atoms with Gasteiger partial charge in [0, 0.05) is 24.0 Å². The molecule has 0 aromatic carbocycles. The molecule has 2 unspecified atom stereocenters. The maximum atomic E-state index is 4.48. The van der Waals surface area contributed by atoms with E-state index in [4.69, 9.17) is 0 Å². The lowest BCUT2D eigenvalue weighted by molar-refractivity contribution is 0.174. The molecule has 1 fully saturated rings. The summed E-state index contributed by atoms with van der Waals surface area (Å²) in [5, 5.41) is 4.88. The SMILES string of the molecule is Cc1nc(C)c(CNC2CCN(C)CC2C)s1. The second-order valence-corrected chi connectivity index (χ2v) is 6.54. The minimum absolute atomic E-state index is 0.660. The van der Waals surface area contributed by atoms with E-state index in [0.717, 1.165) is 12.5 Å². The van der Waals surface area contributed by atoms with Crippen molar-refractivity contribution in [2.24, 2.45) is 5.92 Å². The molecule has 1 saturated heterocycles. The number of nitrogens with one attached hydrogen (secondary N) is 1. The number of aryl methyl sites for hydroxylation is 2.